The van der Waals surface area contributed by atoms with Gasteiger partial charge in [-0.25, -0.2) is 0 Å². The molecule has 4 atom stereocenters. The van der Waals surface area contributed by atoms with Gasteiger partial charge in [-0.1, -0.05) is 50.1 Å². The fourth-order valence-electron chi connectivity index (χ4n) is 3.09. The molecule has 0 bridgehead atoms. The van der Waals surface area contributed by atoms with Crippen LogP contribution in [0.25, 0.3) is 0 Å². The van der Waals surface area contributed by atoms with E-state index < -0.39 is 0 Å². The van der Waals surface area contributed by atoms with Crippen LogP contribution in [0.1, 0.15) is 51.0 Å². The first kappa shape index (κ1) is 14.5. The molecule has 1 fully saturated rings. The summed E-state index contributed by atoms with van der Waals surface area (Å²) in [7, 11) is 0. The van der Waals surface area contributed by atoms with Crippen molar-refractivity contribution in [3.05, 3.63) is 35.9 Å². The molecule has 0 spiro atoms. The molecule has 2 heteroatoms. The molecular formula is C17H27NO. The monoisotopic (exact) mass is 261 g/mol. The van der Waals surface area contributed by atoms with Crippen molar-refractivity contribution in [3.8, 4) is 0 Å². The number of aliphatic hydroxyl groups is 1. The van der Waals surface area contributed by atoms with E-state index in [4.69, 9.17) is 0 Å². The van der Waals surface area contributed by atoms with Gasteiger partial charge >= 0.3 is 0 Å². The molecule has 0 saturated heterocycles. The van der Waals surface area contributed by atoms with Gasteiger partial charge in [-0.15, -0.1) is 0 Å². The molecule has 1 aliphatic carbocycles. The third-order valence-corrected chi connectivity index (χ3v) is 4.61. The van der Waals surface area contributed by atoms with E-state index in [-0.39, 0.29) is 6.61 Å². The van der Waals surface area contributed by atoms with Crippen LogP contribution in [-0.4, -0.2) is 23.8 Å². The average molecular weight is 261 g/mol. The molecule has 2 rings (SSSR count). The zero-order chi connectivity index (χ0) is 13.7. The number of benzene rings is 1. The Labute approximate surface area is 117 Å². The van der Waals surface area contributed by atoms with Crippen molar-refractivity contribution in [3.63, 3.8) is 0 Å². The summed E-state index contributed by atoms with van der Waals surface area (Å²) in [4.78, 5) is 0. The first-order chi connectivity index (χ1) is 9.22. The molecule has 19 heavy (non-hydrogen) atoms. The minimum atomic E-state index is 0.261. The Balaban J connectivity index is 2.04. The highest BCUT2D eigenvalue weighted by molar-refractivity contribution is 5.22. The Morgan fingerprint density at radius 3 is 2.53 bits per heavy atom. The maximum Gasteiger partial charge on any atom is 0.0471 e. The lowest BCUT2D eigenvalue weighted by atomic mass is 9.79. The molecule has 1 aromatic rings. The van der Waals surface area contributed by atoms with Crippen molar-refractivity contribution < 1.29 is 5.11 Å². The molecule has 0 amide bonds. The third-order valence-electron chi connectivity index (χ3n) is 4.61. The van der Waals surface area contributed by atoms with Gasteiger partial charge in [-0.2, -0.15) is 0 Å². The highest BCUT2D eigenvalue weighted by atomic mass is 16.3. The van der Waals surface area contributed by atoms with Crippen molar-refractivity contribution >= 4 is 0 Å². The molecule has 2 N–H and O–H groups in total. The summed E-state index contributed by atoms with van der Waals surface area (Å²) >= 11 is 0. The Morgan fingerprint density at radius 1 is 1.16 bits per heavy atom. The lowest BCUT2D eigenvalue weighted by Gasteiger charge is -2.36. The lowest BCUT2D eigenvalue weighted by molar-refractivity contribution is 0.189. The van der Waals surface area contributed by atoms with Gasteiger partial charge in [-0.3, -0.25) is 0 Å². The van der Waals surface area contributed by atoms with Crippen LogP contribution in [0, 0.1) is 5.92 Å². The minimum Gasteiger partial charge on any atom is -0.396 e. The standard InChI is InChI=1S/C17H27NO/c1-13(12-19)14(2)18-17-11-7-6-10-16(17)15-8-4-3-5-9-15/h3-5,8-9,13-14,16-19H,6-7,10-12H2,1-2H3. The predicted octanol–water partition coefficient (Wildman–Crippen LogP) is 3.32. The van der Waals surface area contributed by atoms with Crippen molar-refractivity contribution in [1.29, 1.82) is 0 Å². The molecule has 1 saturated carbocycles. The Hall–Kier alpha value is -0.860. The summed E-state index contributed by atoms with van der Waals surface area (Å²) in [5, 5.41) is 13.0. The van der Waals surface area contributed by atoms with Crippen molar-refractivity contribution in [2.45, 2.75) is 57.5 Å². The van der Waals surface area contributed by atoms with Crippen LogP contribution >= 0.6 is 0 Å². The van der Waals surface area contributed by atoms with Crippen LogP contribution in [0.3, 0.4) is 0 Å². The van der Waals surface area contributed by atoms with Crippen LogP contribution in [-0.2, 0) is 0 Å². The molecule has 1 aromatic carbocycles. The Bertz CT molecular complexity index is 365. The summed E-state index contributed by atoms with van der Waals surface area (Å²) in [6.45, 7) is 4.56. The topological polar surface area (TPSA) is 32.3 Å². The summed E-state index contributed by atoms with van der Waals surface area (Å²) in [6.07, 6.45) is 5.19. The smallest absolute Gasteiger partial charge is 0.0471 e. The van der Waals surface area contributed by atoms with E-state index >= 15 is 0 Å². The quantitative estimate of drug-likeness (QED) is 0.852. The van der Waals surface area contributed by atoms with E-state index in [1.54, 1.807) is 0 Å². The zero-order valence-electron chi connectivity index (χ0n) is 12.2. The van der Waals surface area contributed by atoms with Gasteiger partial charge in [0.15, 0.2) is 0 Å². The van der Waals surface area contributed by atoms with Crippen molar-refractivity contribution in [2.24, 2.45) is 5.92 Å². The molecule has 0 heterocycles. The average Bonchev–Trinajstić information content (AvgIpc) is 2.47. The highest BCUT2D eigenvalue weighted by Gasteiger charge is 2.28. The number of nitrogens with one attached hydrogen (secondary N) is 1. The lowest BCUT2D eigenvalue weighted by Crippen LogP contribution is -2.45. The largest absolute Gasteiger partial charge is 0.396 e. The summed E-state index contributed by atoms with van der Waals surface area (Å²) in [5.74, 6) is 0.946. The maximum absolute atomic E-state index is 9.28. The van der Waals surface area contributed by atoms with E-state index in [9.17, 15) is 5.11 Å². The van der Waals surface area contributed by atoms with Gasteiger partial charge in [0, 0.05) is 18.7 Å². The van der Waals surface area contributed by atoms with E-state index in [1.807, 2.05) is 0 Å². The van der Waals surface area contributed by atoms with Crippen LogP contribution in [0.4, 0.5) is 0 Å². The molecule has 106 valence electrons. The van der Waals surface area contributed by atoms with Gasteiger partial charge in [0.05, 0.1) is 0 Å². The van der Waals surface area contributed by atoms with Gasteiger partial charge in [0.1, 0.15) is 0 Å². The third kappa shape index (κ3) is 3.80. The second-order valence-electron chi connectivity index (χ2n) is 6.02. The Morgan fingerprint density at radius 2 is 1.84 bits per heavy atom. The molecule has 0 radical (unpaired) electrons. The molecule has 2 nitrogen and oxygen atoms in total. The van der Waals surface area contributed by atoms with Gasteiger partial charge in [0.25, 0.3) is 0 Å². The minimum absolute atomic E-state index is 0.261. The van der Waals surface area contributed by atoms with Gasteiger partial charge < -0.3 is 10.4 Å². The summed E-state index contributed by atoms with van der Waals surface area (Å²) in [6, 6.07) is 11.8. The van der Waals surface area contributed by atoms with Crippen molar-refractivity contribution in [1.82, 2.24) is 5.32 Å². The van der Waals surface area contributed by atoms with E-state index in [0.717, 1.165) is 0 Å². The SMILES string of the molecule is CC(CO)C(C)NC1CCCCC1c1ccccc1. The Kier molecular flexibility index (Phi) is 5.41. The number of hydrogen-bond acceptors (Lipinski definition) is 2. The predicted molar refractivity (Wildman–Crippen MR) is 80.3 cm³/mol. The fourth-order valence-corrected chi connectivity index (χ4v) is 3.09. The normalized spacial score (nSPS) is 26.9. The highest BCUT2D eigenvalue weighted by Crippen LogP contribution is 2.33. The first-order valence-electron chi connectivity index (χ1n) is 7.64. The number of rotatable bonds is 5. The van der Waals surface area contributed by atoms with Crippen LogP contribution in [0.5, 0.6) is 0 Å². The first-order valence-corrected chi connectivity index (χ1v) is 7.64. The second-order valence-corrected chi connectivity index (χ2v) is 6.02. The summed E-state index contributed by atoms with van der Waals surface area (Å²) < 4.78 is 0. The van der Waals surface area contributed by atoms with Gasteiger partial charge in [-0.05, 0) is 37.2 Å². The van der Waals surface area contributed by atoms with Crippen molar-refractivity contribution in [2.75, 3.05) is 6.61 Å². The molecular weight excluding hydrogens is 234 g/mol. The summed E-state index contributed by atoms with van der Waals surface area (Å²) in [5.41, 5.74) is 1.46. The number of hydrogen-bond donors (Lipinski definition) is 2. The van der Waals surface area contributed by atoms with Gasteiger partial charge in [0.2, 0.25) is 0 Å². The maximum atomic E-state index is 9.28. The number of aliphatic hydroxyl groups excluding tert-OH is 1. The van der Waals surface area contributed by atoms with Crippen LogP contribution < -0.4 is 5.32 Å². The fraction of sp³-hybridized carbons (Fsp3) is 0.647. The molecule has 1 aliphatic rings. The molecule has 4 unspecified atom stereocenters. The molecule has 0 aromatic heterocycles. The van der Waals surface area contributed by atoms with Crippen LogP contribution in [0.2, 0.25) is 0 Å². The van der Waals surface area contributed by atoms with E-state index in [1.165, 1.54) is 31.2 Å². The van der Waals surface area contributed by atoms with E-state index in [2.05, 4.69) is 49.5 Å². The molecule has 0 aliphatic heterocycles. The van der Waals surface area contributed by atoms with E-state index in [0.29, 0.717) is 23.9 Å². The van der Waals surface area contributed by atoms with Crippen LogP contribution in [0.15, 0.2) is 30.3 Å². The second kappa shape index (κ2) is 7.06. The zero-order valence-corrected chi connectivity index (χ0v) is 12.2.